The van der Waals surface area contributed by atoms with Gasteiger partial charge in [0, 0.05) is 12.5 Å². The maximum atomic E-state index is 12.6. The Bertz CT molecular complexity index is 802. The lowest BCUT2D eigenvalue weighted by molar-refractivity contribution is -0.118. The van der Waals surface area contributed by atoms with Crippen molar-refractivity contribution in [3.05, 3.63) is 53.5 Å². The molecular weight excluding hydrogens is 340 g/mol. The predicted octanol–water partition coefficient (Wildman–Crippen LogP) is 0.698. The smallest absolute Gasteiger partial charge is 0.231 e. The zero-order chi connectivity index (χ0) is 18.0. The average molecular weight is 362 g/mol. The van der Waals surface area contributed by atoms with Crippen LogP contribution in [0.2, 0.25) is 0 Å². The topological polar surface area (TPSA) is 101 Å². The summed E-state index contributed by atoms with van der Waals surface area (Å²) >= 11 is 0. The highest BCUT2D eigenvalue weighted by molar-refractivity contribution is 7.95. The van der Waals surface area contributed by atoms with Crippen molar-refractivity contribution in [3.8, 4) is 0 Å². The number of primary amides is 1. The fourth-order valence-corrected chi connectivity index (χ4v) is 4.91. The minimum absolute atomic E-state index is 0.120. The number of likely N-dealkylation sites (tertiary alicyclic amines) is 1. The Labute approximate surface area is 147 Å². The highest BCUT2D eigenvalue weighted by atomic mass is 32.2. The Balaban J connectivity index is 1.73. The van der Waals surface area contributed by atoms with E-state index in [0.717, 1.165) is 13.0 Å². The van der Waals surface area contributed by atoms with E-state index in [0.29, 0.717) is 6.54 Å². The van der Waals surface area contributed by atoms with Crippen molar-refractivity contribution < 1.29 is 18.3 Å². The van der Waals surface area contributed by atoms with Crippen LogP contribution in [0, 0.1) is 11.8 Å². The highest BCUT2D eigenvalue weighted by Gasteiger charge is 2.34. The summed E-state index contributed by atoms with van der Waals surface area (Å²) in [5, 5.41) is 10.5. The zero-order valence-corrected chi connectivity index (χ0v) is 14.6. The first-order chi connectivity index (χ1) is 11.9. The lowest BCUT2D eigenvalue weighted by Gasteiger charge is -2.27. The number of nitrogens with two attached hydrogens (primary N) is 1. The Morgan fingerprint density at radius 3 is 2.64 bits per heavy atom. The first kappa shape index (κ1) is 17.8. The monoisotopic (exact) mass is 362 g/mol. The van der Waals surface area contributed by atoms with E-state index >= 15 is 0 Å². The Kier molecular flexibility index (Phi) is 5.08. The van der Waals surface area contributed by atoms with Gasteiger partial charge in [-0.3, -0.25) is 9.69 Å². The molecule has 1 fully saturated rings. The predicted molar refractivity (Wildman–Crippen MR) is 94.1 cm³/mol. The number of hydrogen-bond acceptors (Lipinski definition) is 5. The van der Waals surface area contributed by atoms with E-state index in [1.54, 1.807) is 42.5 Å². The van der Waals surface area contributed by atoms with Crippen molar-refractivity contribution in [1.82, 2.24) is 4.90 Å². The van der Waals surface area contributed by atoms with Gasteiger partial charge in [0.15, 0.2) is 0 Å². The summed E-state index contributed by atoms with van der Waals surface area (Å²) in [5.74, 6) is -0.355. The number of rotatable bonds is 5. The zero-order valence-electron chi connectivity index (χ0n) is 13.8. The third-order valence-electron chi connectivity index (χ3n) is 4.81. The molecule has 3 N–H and O–H groups in total. The number of aliphatic hydroxyl groups excluding tert-OH is 1. The standard InChI is InChI=1S/C18H22N2O4S/c19-18(22)12-20-9-8-13(11-20)16-7-6-15(10-17(16)21)25(23,24)14-4-2-1-3-5-14/h1-7,10,13,16-17,21H,8-9,11-12H2,(H2,19,22)/t13-,16?,17?/m1/s1. The summed E-state index contributed by atoms with van der Waals surface area (Å²) in [7, 11) is -3.63. The van der Waals surface area contributed by atoms with Gasteiger partial charge >= 0.3 is 0 Å². The summed E-state index contributed by atoms with van der Waals surface area (Å²) in [6, 6.07) is 8.19. The average Bonchev–Trinajstić information content (AvgIpc) is 3.03. The molecule has 6 nitrogen and oxygen atoms in total. The van der Waals surface area contributed by atoms with E-state index in [2.05, 4.69) is 0 Å². The first-order valence-corrected chi connectivity index (χ1v) is 9.75. The van der Waals surface area contributed by atoms with Crippen LogP contribution in [-0.4, -0.2) is 50.1 Å². The molecule has 0 aromatic heterocycles. The maximum absolute atomic E-state index is 12.6. The molecule has 0 spiro atoms. The second-order valence-electron chi connectivity index (χ2n) is 6.56. The van der Waals surface area contributed by atoms with E-state index in [1.807, 2.05) is 4.90 Å². The summed E-state index contributed by atoms with van der Waals surface area (Å²) in [6.45, 7) is 1.64. The second kappa shape index (κ2) is 7.11. The van der Waals surface area contributed by atoms with Crippen LogP contribution < -0.4 is 5.73 Å². The molecule has 3 rings (SSSR count). The van der Waals surface area contributed by atoms with Gasteiger partial charge in [0.2, 0.25) is 15.7 Å². The fourth-order valence-electron chi connectivity index (χ4n) is 3.55. The molecule has 2 aliphatic rings. The normalized spacial score (nSPS) is 27.2. The molecule has 1 aromatic rings. The van der Waals surface area contributed by atoms with Crippen molar-refractivity contribution in [2.24, 2.45) is 17.6 Å². The molecule has 0 radical (unpaired) electrons. The molecule has 2 unspecified atom stereocenters. The van der Waals surface area contributed by atoms with Crippen molar-refractivity contribution >= 4 is 15.7 Å². The number of benzene rings is 1. The summed E-state index contributed by atoms with van der Waals surface area (Å²) in [6.07, 6.45) is 4.75. The van der Waals surface area contributed by atoms with Crippen molar-refractivity contribution in [1.29, 1.82) is 0 Å². The van der Waals surface area contributed by atoms with Crippen LogP contribution in [-0.2, 0) is 14.6 Å². The van der Waals surface area contributed by atoms with Crippen LogP contribution in [0.4, 0.5) is 0 Å². The molecule has 7 heteroatoms. The van der Waals surface area contributed by atoms with Crippen LogP contribution >= 0.6 is 0 Å². The van der Waals surface area contributed by atoms with Gasteiger partial charge < -0.3 is 10.8 Å². The molecule has 1 aromatic carbocycles. The third-order valence-corrected chi connectivity index (χ3v) is 6.59. The molecule has 1 aliphatic carbocycles. The maximum Gasteiger partial charge on any atom is 0.231 e. The molecule has 134 valence electrons. The lowest BCUT2D eigenvalue weighted by atomic mass is 9.84. The second-order valence-corrected chi connectivity index (χ2v) is 8.51. The molecule has 3 atom stereocenters. The van der Waals surface area contributed by atoms with Gasteiger partial charge in [0.05, 0.1) is 22.4 Å². The Morgan fingerprint density at radius 1 is 1.28 bits per heavy atom. The third kappa shape index (κ3) is 3.84. The molecule has 1 heterocycles. The summed E-state index contributed by atoms with van der Waals surface area (Å²) in [5.41, 5.74) is 5.22. The van der Waals surface area contributed by atoms with Gasteiger partial charge in [-0.2, -0.15) is 0 Å². The van der Waals surface area contributed by atoms with Crippen LogP contribution in [0.3, 0.4) is 0 Å². The number of amides is 1. The highest BCUT2D eigenvalue weighted by Crippen LogP contribution is 2.33. The molecule has 1 saturated heterocycles. The van der Waals surface area contributed by atoms with E-state index < -0.39 is 15.9 Å². The lowest BCUT2D eigenvalue weighted by Crippen LogP contribution is -2.34. The molecule has 1 aliphatic heterocycles. The number of allylic oxidation sites excluding steroid dienone is 1. The van der Waals surface area contributed by atoms with Crippen LogP contribution in [0.25, 0.3) is 0 Å². The van der Waals surface area contributed by atoms with Crippen LogP contribution in [0.15, 0.2) is 58.4 Å². The largest absolute Gasteiger partial charge is 0.388 e. The van der Waals surface area contributed by atoms with Gasteiger partial charge in [-0.25, -0.2) is 8.42 Å². The number of carbonyl (C=O) groups is 1. The van der Waals surface area contributed by atoms with E-state index in [1.165, 1.54) is 6.08 Å². The number of sulfone groups is 1. The molecule has 0 bridgehead atoms. The number of carbonyl (C=O) groups excluding carboxylic acids is 1. The number of nitrogens with zero attached hydrogens (tertiary/aromatic N) is 1. The van der Waals surface area contributed by atoms with Crippen LogP contribution in [0.1, 0.15) is 6.42 Å². The molecule has 1 amide bonds. The van der Waals surface area contributed by atoms with Gasteiger partial charge in [-0.05, 0) is 43.2 Å². The van der Waals surface area contributed by atoms with E-state index in [4.69, 9.17) is 5.73 Å². The van der Waals surface area contributed by atoms with Crippen molar-refractivity contribution in [3.63, 3.8) is 0 Å². The molecular formula is C18H22N2O4S. The van der Waals surface area contributed by atoms with Gasteiger partial charge in [0.25, 0.3) is 0 Å². The number of hydrogen-bond donors (Lipinski definition) is 2. The summed E-state index contributed by atoms with van der Waals surface area (Å²) < 4.78 is 25.3. The minimum atomic E-state index is -3.63. The minimum Gasteiger partial charge on any atom is -0.388 e. The van der Waals surface area contributed by atoms with Crippen molar-refractivity contribution in [2.45, 2.75) is 17.4 Å². The Morgan fingerprint density at radius 2 is 2.00 bits per heavy atom. The van der Waals surface area contributed by atoms with Crippen molar-refractivity contribution in [2.75, 3.05) is 19.6 Å². The van der Waals surface area contributed by atoms with E-state index in [9.17, 15) is 18.3 Å². The SMILES string of the molecule is NC(=O)CN1CC[C@@H](C2C=CC(S(=O)(=O)c3ccccc3)=CC2O)C1. The molecule has 25 heavy (non-hydrogen) atoms. The first-order valence-electron chi connectivity index (χ1n) is 8.27. The van der Waals surface area contributed by atoms with Gasteiger partial charge in [-0.15, -0.1) is 0 Å². The fraction of sp³-hybridized carbons (Fsp3) is 0.389. The van der Waals surface area contributed by atoms with E-state index in [-0.39, 0.29) is 34.1 Å². The Hall–Kier alpha value is -1.96. The summed E-state index contributed by atoms with van der Waals surface area (Å²) in [4.78, 5) is 13.3. The van der Waals surface area contributed by atoms with Crippen LogP contribution in [0.5, 0.6) is 0 Å². The quantitative estimate of drug-likeness (QED) is 0.803. The van der Waals surface area contributed by atoms with Gasteiger partial charge in [-0.1, -0.05) is 24.3 Å². The molecule has 0 saturated carbocycles. The van der Waals surface area contributed by atoms with Gasteiger partial charge in [0.1, 0.15) is 0 Å². The number of aliphatic hydroxyl groups is 1.